The van der Waals surface area contributed by atoms with Crippen LogP contribution < -0.4 is 10.1 Å². The van der Waals surface area contributed by atoms with Crippen molar-refractivity contribution < 1.29 is 37.0 Å². The average molecular weight is 350 g/mol. The summed E-state index contributed by atoms with van der Waals surface area (Å²) in [6.45, 7) is -3.11. The number of ether oxygens (including phenoxy) is 1. The highest BCUT2D eigenvalue weighted by Gasteiger charge is 2.28. The zero-order chi connectivity index (χ0) is 17.9. The van der Waals surface area contributed by atoms with Crippen molar-refractivity contribution >= 4 is 17.7 Å². The molecule has 0 saturated carbocycles. The van der Waals surface area contributed by atoms with Crippen LogP contribution in [0.3, 0.4) is 0 Å². The van der Waals surface area contributed by atoms with Crippen LogP contribution in [0.5, 0.6) is 5.75 Å². The Morgan fingerprint density at radius 3 is 2.62 bits per heavy atom. The summed E-state index contributed by atoms with van der Waals surface area (Å²) in [5.74, 6) is -5.18. The van der Waals surface area contributed by atoms with E-state index in [2.05, 4.69) is 10.1 Å². The standard InChI is InChI=1S/C14H14F4N2O4/c15-8-5-11(24-13(17)18)9(16)4-10(8)19-14(23)20-3-1-2-7(6-20)12(21)22/h4-5,7,13H,1-3,6H2,(H,19,23)(H,21,22). The second-order valence-electron chi connectivity index (χ2n) is 5.19. The highest BCUT2D eigenvalue weighted by atomic mass is 19.3. The van der Waals surface area contributed by atoms with Crippen molar-refractivity contribution in [1.29, 1.82) is 0 Å². The van der Waals surface area contributed by atoms with Crippen molar-refractivity contribution in [3.05, 3.63) is 23.8 Å². The summed E-state index contributed by atoms with van der Waals surface area (Å²) < 4.78 is 55.3. The lowest BCUT2D eigenvalue weighted by Gasteiger charge is -2.30. The predicted molar refractivity (Wildman–Crippen MR) is 73.9 cm³/mol. The lowest BCUT2D eigenvalue weighted by Crippen LogP contribution is -2.44. The number of piperidine rings is 1. The molecule has 1 atom stereocenters. The number of nitrogens with one attached hydrogen (secondary N) is 1. The van der Waals surface area contributed by atoms with Gasteiger partial charge in [0.25, 0.3) is 0 Å². The first-order valence-corrected chi connectivity index (χ1v) is 7.00. The van der Waals surface area contributed by atoms with E-state index >= 15 is 0 Å². The van der Waals surface area contributed by atoms with Crippen LogP contribution in [0.4, 0.5) is 28.0 Å². The van der Waals surface area contributed by atoms with E-state index in [1.165, 1.54) is 4.90 Å². The Labute approximate surface area is 134 Å². The number of anilines is 1. The molecule has 1 heterocycles. The minimum atomic E-state index is -3.32. The fourth-order valence-electron chi connectivity index (χ4n) is 2.37. The fraction of sp³-hybridized carbons (Fsp3) is 0.429. The molecule has 2 rings (SSSR count). The summed E-state index contributed by atoms with van der Waals surface area (Å²) in [6.07, 6.45) is 0.879. The Bertz CT molecular complexity index is 641. The van der Waals surface area contributed by atoms with Crippen LogP contribution in [0.2, 0.25) is 0 Å². The Morgan fingerprint density at radius 1 is 1.29 bits per heavy atom. The number of alkyl halides is 2. The van der Waals surface area contributed by atoms with Gasteiger partial charge in [0.15, 0.2) is 17.4 Å². The Kier molecular flexibility index (Phi) is 5.47. The largest absolute Gasteiger partial charge is 0.481 e. The highest BCUT2D eigenvalue weighted by Crippen LogP contribution is 2.27. The molecule has 24 heavy (non-hydrogen) atoms. The number of rotatable bonds is 4. The highest BCUT2D eigenvalue weighted by molar-refractivity contribution is 5.90. The number of carboxylic acids is 1. The third-order valence-electron chi connectivity index (χ3n) is 3.54. The van der Waals surface area contributed by atoms with Crippen molar-refractivity contribution in [3.63, 3.8) is 0 Å². The molecule has 1 aromatic carbocycles. The van der Waals surface area contributed by atoms with Crippen molar-refractivity contribution in [1.82, 2.24) is 4.90 Å². The Balaban J connectivity index is 2.08. The number of halogens is 4. The summed E-state index contributed by atoms with van der Waals surface area (Å²) in [5.41, 5.74) is -0.559. The van der Waals surface area contributed by atoms with Gasteiger partial charge in [-0.25, -0.2) is 13.6 Å². The van der Waals surface area contributed by atoms with Gasteiger partial charge in [-0.2, -0.15) is 8.78 Å². The molecule has 10 heteroatoms. The van der Waals surface area contributed by atoms with Crippen LogP contribution in [0, 0.1) is 17.6 Å². The molecular weight excluding hydrogens is 336 g/mol. The number of carbonyl (C=O) groups excluding carboxylic acids is 1. The first-order chi connectivity index (χ1) is 11.3. The molecule has 1 fully saturated rings. The first kappa shape index (κ1) is 17.8. The van der Waals surface area contributed by atoms with Crippen LogP contribution in [0.25, 0.3) is 0 Å². The number of carboxylic acid groups (broad SMARTS) is 1. The number of aliphatic carboxylic acids is 1. The second kappa shape index (κ2) is 7.37. The quantitative estimate of drug-likeness (QED) is 0.819. The Morgan fingerprint density at radius 2 is 2.00 bits per heavy atom. The molecule has 1 aliphatic rings. The number of amides is 2. The van der Waals surface area contributed by atoms with Gasteiger partial charge in [0.2, 0.25) is 0 Å². The van der Waals surface area contributed by atoms with Gasteiger partial charge >= 0.3 is 18.6 Å². The van der Waals surface area contributed by atoms with E-state index in [0.29, 0.717) is 25.0 Å². The number of likely N-dealkylation sites (tertiary alicyclic amines) is 1. The smallest absolute Gasteiger partial charge is 0.387 e. The van der Waals surface area contributed by atoms with Crippen molar-refractivity contribution in [2.75, 3.05) is 18.4 Å². The van der Waals surface area contributed by atoms with Crippen LogP contribution in [-0.2, 0) is 4.79 Å². The summed E-state index contributed by atoms with van der Waals surface area (Å²) >= 11 is 0. The molecule has 0 aliphatic carbocycles. The molecule has 1 aromatic rings. The minimum Gasteiger partial charge on any atom is -0.481 e. The molecular formula is C14H14F4N2O4. The van der Waals surface area contributed by atoms with Crippen molar-refractivity contribution in [3.8, 4) is 5.75 Å². The number of urea groups is 1. The molecule has 0 spiro atoms. The van der Waals surface area contributed by atoms with Gasteiger partial charge in [-0.05, 0) is 12.8 Å². The van der Waals surface area contributed by atoms with Crippen LogP contribution in [0.15, 0.2) is 12.1 Å². The third kappa shape index (κ3) is 4.27. The molecule has 2 N–H and O–H groups in total. The molecule has 0 aromatic heterocycles. The number of carbonyl (C=O) groups is 2. The van der Waals surface area contributed by atoms with E-state index in [1.807, 2.05) is 0 Å². The van der Waals surface area contributed by atoms with E-state index in [4.69, 9.17) is 5.11 Å². The minimum absolute atomic E-state index is 0.0577. The van der Waals surface area contributed by atoms with Gasteiger partial charge in [-0.15, -0.1) is 0 Å². The molecule has 1 saturated heterocycles. The maximum absolute atomic E-state index is 13.8. The monoisotopic (exact) mass is 350 g/mol. The van der Waals surface area contributed by atoms with Gasteiger partial charge in [-0.1, -0.05) is 0 Å². The van der Waals surface area contributed by atoms with Crippen LogP contribution >= 0.6 is 0 Å². The summed E-state index contributed by atoms with van der Waals surface area (Å²) in [7, 11) is 0. The van der Waals surface area contributed by atoms with E-state index in [9.17, 15) is 27.2 Å². The normalized spacial score (nSPS) is 17.7. The molecule has 2 amide bonds. The lowest BCUT2D eigenvalue weighted by atomic mass is 9.99. The fourth-order valence-corrected chi connectivity index (χ4v) is 2.37. The maximum atomic E-state index is 13.8. The molecule has 1 aliphatic heterocycles. The molecule has 1 unspecified atom stereocenters. The molecule has 6 nitrogen and oxygen atoms in total. The Hall–Kier alpha value is -2.52. The topological polar surface area (TPSA) is 78.9 Å². The SMILES string of the molecule is O=C(O)C1CCCN(C(=O)Nc2cc(F)c(OC(F)F)cc2F)C1. The van der Waals surface area contributed by atoms with Gasteiger partial charge in [0.05, 0.1) is 11.6 Å². The maximum Gasteiger partial charge on any atom is 0.387 e. The van der Waals surface area contributed by atoms with Crippen molar-refractivity contribution in [2.24, 2.45) is 5.92 Å². The molecule has 0 radical (unpaired) electrons. The van der Waals surface area contributed by atoms with Gasteiger partial charge in [0.1, 0.15) is 0 Å². The zero-order valence-corrected chi connectivity index (χ0v) is 12.3. The third-order valence-corrected chi connectivity index (χ3v) is 3.54. The van der Waals surface area contributed by atoms with E-state index < -0.39 is 47.6 Å². The number of nitrogens with zero attached hydrogens (tertiary/aromatic N) is 1. The second-order valence-corrected chi connectivity index (χ2v) is 5.19. The molecule has 0 bridgehead atoms. The van der Waals surface area contributed by atoms with Gasteiger partial charge < -0.3 is 20.1 Å². The number of hydrogen-bond donors (Lipinski definition) is 2. The van der Waals surface area contributed by atoms with Crippen molar-refractivity contribution in [2.45, 2.75) is 19.5 Å². The number of benzene rings is 1. The average Bonchev–Trinajstić information content (AvgIpc) is 2.51. The summed E-state index contributed by atoms with van der Waals surface area (Å²) in [4.78, 5) is 24.2. The van der Waals surface area contributed by atoms with E-state index in [1.54, 1.807) is 0 Å². The number of hydrogen-bond acceptors (Lipinski definition) is 3. The molecule has 132 valence electrons. The van der Waals surface area contributed by atoms with E-state index in [-0.39, 0.29) is 13.1 Å². The predicted octanol–water partition coefficient (Wildman–Crippen LogP) is 2.89. The van der Waals surface area contributed by atoms with E-state index in [0.717, 1.165) is 0 Å². The van der Waals surface area contributed by atoms with Crippen LogP contribution in [0.1, 0.15) is 12.8 Å². The summed E-state index contributed by atoms with van der Waals surface area (Å²) in [5, 5.41) is 11.1. The van der Waals surface area contributed by atoms with Gasteiger partial charge in [0, 0.05) is 25.2 Å². The van der Waals surface area contributed by atoms with Gasteiger partial charge in [-0.3, -0.25) is 4.79 Å². The zero-order valence-electron chi connectivity index (χ0n) is 12.3. The summed E-state index contributed by atoms with van der Waals surface area (Å²) in [6, 6.07) is 0.110. The lowest BCUT2D eigenvalue weighted by molar-refractivity contribution is -0.143. The van der Waals surface area contributed by atoms with Crippen LogP contribution in [-0.4, -0.2) is 41.7 Å². The first-order valence-electron chi connectivity index (χ1n) is 7.00.